The minimum atomic E-state index is 0.508. The maximum Gasteiger partial charge on any atom is 0.0868 e. The molecule has 0 amide bonds. The second-order valence-corrected chi connectivity index (χ2v) is 3.65. The van der Waals surface area contributed by atoms with Crippen LogP contribution in [0.4, 0.5) is 5.69 Å². The molecule has 1 heterocycles. The first-order chi connectivity index (χ1) is 6.79. The molecule has 72 valence electrons. The molecule has 2 N–H and O–H groups in total. The number of anilines is 1. The van der Waals surface area contributed by atoms with Gasteiger partial charge in [-0.1, -0.05) is 6.07 Å². The van der Waals surface area contributed by atoms with Crippen molar-refractivity contribution in [2.75, 3.05) is 18.8 Å². The van der Waals surface area contributed by atoms with Crippen molar-refractivity contribution in [3.05, 3.63) is 29.3 Å². The molecule has 0 aliphatic carbocycles. The van der Waals surface area contributed by atoms with E-state index in [0.717, 1.165) is 25.2 Å². The average molecular weight is 187 g/mol. The first-order valence-electron chi connectivity index (χ1n) is 4.76. The molecule has 3 nitrogen and oxygen atoms in total. The number of fused-ring (bicyclic) bond motifs is 1. The van der Waals surface area contributed by atoms with Crippen LogP contribution in [-0.2, 0) is 13.0 Å². The third kappa shape index (κ3) is 1.70. The summed E-state index contributed by atoms with van der Waals surface area (Å²) in [5, 5.41) is 8.60. The Labute approximate surface area is 83.7 Å². The van der Waals surface area contributed by atoms with E-state index in [-0.39, 0.29) is 0 Å². The Morgan fingerprint density at radius 3 is 3.07 bits per heavy atom. The van der Waals surface area contributed by atoms with Crippen molar-refractivity contribution >= 4 is 5.69 Å². The molecule has 0 aromatic heterocycles. The van der Waals surface area contributed by atoms with E-state index >= 15 is 0 Å². The smallest absolute Gasteiger partial charge is 0.0868 e. The average Bonchev–Trinajstić information content (AvgIpc) is 2.17. The third-order valence-electron chi connectivity index (χ3n) is 2.62. The molecule has 0 fully saturated rings. The van der Waals surface area contributed by atoms with Crippen molar-refractivity contribution in [1.82, 2.24) is 4.90 Å². The molecule has 0 atom stereocenters. The Bertz CT molecular complexity index is 379. The van der Waals surface area contributed by atoms with Gasteiger partial charge in [-0.2, -0.15) is 5.26 Å². The van der Waals surface area contributed by atoms with Crippen molar-refractivity contribution in [1.29, 1.82) is 5.26 Å². The van der Waals surface area contributed by atoms with Crippen LogP contribution >= 0.6 is 0 Å². The summed E-state index contributed by atoms with van der Waals surface area (Å²) < 4.78 is 0. The zero-order valence-electron chi connectivity index (χ0n) is 8.03. The molecule has 0 saturated carbocycles. The molecule has 1 aromatic rings. The van der Waals surface area contributed by atoms with Gasteiger partial charge in [0.15, 0.2) is 0 Å². The highest BCUT2D eigenvalue weighted by Gasteiger charge is 2.15. The fourth-order valence-electron chi connectivity index (χ4n) is 1.87. The van der Waals surface area contributed by atoms with Crippen LogP contribution in [0.5, 0.6) is 0 Å². The largest absolute Gasteiger partial charge is 0.399 e. The van der Waals surface area contributed by atoms with E-state index in [1.165, 1.54) is 11.1 Å². The maximum atomic E-state index is 8.60. The lowest BCUT2D eigenvalue weighted by Crippen LogP contribution is -2.30. The Balaban J connectivity index is 2.21. The molecule has 0 spiro atoms. The van der Waals surface area contributed by atoms with Crippen LogP contribution in [0.15, 0.2) is 18.2 Å². The van der Waals surface area contributed by atoms with Gasteiger partial charge in [0.05, 0.1) is 12.6 Å². The lowest BCUT2D eigenvalue weighted by Gasteiger charge is -2.26. The van der Waals surface area contributed by atoms with Crippen LogP contribution in [0.1, 0.15) is 11.1 Å². The van der Waals surface area contributed by atoms with E-state index in [4.69, 9.17) is 11.0 Å². The van der Waals surface area contributed by atoms with Gasteiger partial charge in [0.2, 0.25) is 0 Å². The van der Waals surface area contributed by atoms with Crippen molar-refractivity contribution in [3.8, 4) is 6.07 Å². The topological polar surface area (TPSA) is 53.0 Å². The lowest BCUT2D eigenvalue weighted by molar-refractivity contribution is 0.285. The predicted octanol–water partition coefficient (Wildman–Crippen LogP) is 1.15. The summed E-state index contributed by atoms with van der Waals surface area (Å²) >= 11 is 0. The second kappa shape index (κ2) is 3.69. The minimum absolute atomic E-state index is 0.508. The Morgan fingerprint density at radius 2 is 2.29 bits per heavy atom. The molecule has 1 aliphatic rings. The summed E-state index contributed by atoms with van der Waals surface area (Å²) in [7, 11) is 0. The molecule has 0 bridgehead atoms. The van der Waals surface area contributed by atoms with E-state index in [9.17, 15) is 0 Å². The number of nitrogen functional groups attached to an aromatic ring is 1. The minimum Gasteiger partial charge on any atom is -0.399 e. The van der Waals surface area contributed by atoms with Crippen LogP contribution in [0.25, 0.3) is 0 Å². The molecule has 1 aliphatic heterocycles. The zero-order chi connectivity index (χ0) is 9.97. The first kappa shape index (κ1) is 9.04. The number of benzene rings is 1. The summed E-state index contributed by atoms with van der Waals surface area (Å²) in [6, 6.07) is 8.23. The lowest BCUT2D eigenvalue weighted by atomic mass is 9.99. The van der Waals surface area contributed by atoms with Crippen molar-refractivity contribution in [2.24, 2.45) is 0 Å². The molecule has 0 radical (unpaired) electrons. The standard InChI is InChI=1S/C11H13N3/c12-4-6-14-5-3-9-1-2-11(13)7-10(9)8-14/h1-2,7H,3,5-6,8,13H2. The van der Waals surface area contributed by atoms with Gasteiger partial charge < -0.3 is 5.73 Å². The SMILES string of the molecule is N#CCN1CCc2ccc(N)cc2C1. The first-order valence-corrected chi connectivity index (χ1v) is 4.76. The summed E-state index contributed by atoms with van der Waals surface area (Å²) in [6.07, 6.45) is 1.03. The van der Waals surface area contributed by atoms with E-state index < -0.39 is 0 Å². The van der Waals surface area contributed by atoms with Gasteiger partial charge in [-0.15, -0.1) is 0 Å². The molecular weight excluding hydrogens is 174 g/mol. The fraction of sp³-hybridized carbons (Fsp3) is 0.364. The molecule has 0 saturated heterocycles. The van der Waals surface area contributed by atoms with E-state index in [1.807, 2.05) is 12.1 Å². The zero-order valence-corrected chi connectivity index (χ0v) is 8.03. The number of nitrogens with two attached hydrogens (primary N) is 1. The normalized spacial score (nSPS) is 15.9. The number of hydrogen-bond donors (Lipinski definition) is 1. The number of nitrogens with zero attached hydrogens (tertiary/aromatic N) is 2. The molecule has 0 unspecified atom stereocenters. The van der Waals surface area contributed by atoms with Crippen LogP contribution in [-0.4, -0.2) is 18.0 Å². The Hall–Kier alpha value is -1.53. The van der Waals surface area contributed by atoms with Crippen LogP contribution in [0.2, 0.25) is 0 Å². The monoisotopic (exact) mass is 187 g/mol. The predicted molar refractivity (Wildman–Crippen MR) is 55.4 cm³/mol. The van der Waals surface area contributed by atoms with Gasteiger partial charge in [0.25, 0.3) is 0 Å². The van der Waals surface area contributed by atoms with E-state index in [1.54, 1.807) is 0 Å². The molecule has 14 heavy (non-hydrogen) atoms. The van der Waals surface area contributed by atoms with Crippen molar-refractivity contribution in [3.63, 3.8) is 0 Å². The highest BCUT2D eigenvalue weighted by Crippen LogP contribution is 2.20. The van der Waals surface area contributed by atoms with Crippen LogP contribution in [0.3, 0.4) is 0 Å². The van der Waals surface area contributed by atoms with E-state index in [0.29, 0.717) is 6.54 Å². The van der Waals surface area contributed by atoms with Crippen LogP contribution in [0, 0.1) is 11.3 Å². The molecule has 3 heteroatoms. The Kier molecular flexibility index (Phi) is 2.38. The third-order valence-corrected chi connectivity index (χ3v) is 2.62. The van der Waals surface area contributed by atoms with Gasteiger partial charge in [-0.25, -0.2) is 0 Å². The molecule has 2 rings (SSSR count). The highest BCUT2D eigenvalue weighted by atomic mass is 15.1. The quantitative estimate of drug-likeness (QED) is 0.530. The van der Waals surface area contributed by atoms with Crippen LogP contribution < -0.4 is 5.73 Å². The van der Waals surface area contributed by atoms with Gasteiger partial charge in [0.1, 0.15) is 0 Å². The van der Waals surface area contributed by atoms with Gasteiger partial charge >= 0.3 is 0 Å². The van der Waals surface area contributed by atoms with Gasteiger partial charge in [-0.3, -0.25) is 4.90 Å². The second-order valence-electron chi connectivity index (χ2n) is 3.65. The molecule has 1 aromatic carbocycles. The summed E-state index contributed by atoms with van der Waals surface area (Å²) in [6.45, 7) is 2.34. The summed E-state index contributed by atoms with van der Waals surface area (Å²) in [5.41, 5.74) is 9.16. The van der Waals surface area contributed by atoms with Crippen molar-refractivity contribution in [2.45, 2.75) is 13.0 Å². The maximum absolute atomic E-state index is 8.60. The van der Waals surface area contributed by atoms with Gasteiger partial charge in [-0.05, 0) is 29.7 Å². The molecular formula is C11H13N3. The summed E-state index contributed by atoms with van der Waals surface area (Å²) in [4.78, 5) is 2.14. The van der Waals surface area contributed by atoms with E-state index in [2.05, 4.69) is 17.0 Å². The number of nitriles is 1. The number of hydrogen-bond acceptors (Lipinski definition) is 3. The summed E-state index contributed by atoms with van der Waals surface area (Å²) in [5.74, 6) is 0. The van der Waals surface area contributed by atoms with Crippen molar-refractivity contribution < 1.29 is 0 Å². The highest BCUT2D eigenvalue weighted by molar-refractivity contribution is 5.45. The fourth-order valence-corrected chi connectivity index (χ4v) is 1.87. The Morgan fingerprint density at radius 1 is 1.43 bits per heavy atom. The van der Waals surface area contributed by atoms with Gasteiger partial charge in [0, 0.05) is 18.8 Å². The number of rotatable bonds is 1.